The topological polar surface area (TPSA) is 86.6 Å². The van der Waals surface area contributed by atoms with Crippen molar-refractivity contribution in [3.63, 3.8) is 0 Å². The molecule has 0 atom stereocenters. The summed E-state index contributed by atoms with van der Waals surface area (Å²) >= 11 is 0. The van der Waals surface area contributed by atoms with E-state index in [0.29, 0.717) is 12.5 Å². The van der Waals surface area contributed by atoms with Crippen molar-refractivity contribution >= 4 is 22.6 Å². The molecule has 0 spiro atoms. The Balaban J connectivity index is 0.00000220. The Bertz CT molecular complexity index is 530. The molecule has 3 N–H and O–H groups in total. The van der Waals surface area contributed by atoms with Gasteiger partial charge in [-0.3, -0.25) is 0 Å². The molecule has 1 aliphatic rings. The summed E-state index contributed by atoms with van der Waals surface area (Å²) in [7, 11) is -5.10. The van der Waals surface area contributed by atoms with Gasteiger partial charge in [-0.2, -0.15) is 0 Å². The summed E-state index contributed by atoms with van der Waals surface area (Å²) in [6.45, 7) is 0.479. The number of hydrogen-bond donors (Lipinski definition) is 3. The maximum absolute atomic E-state index is 12.1. The molecule has 0 radical (unpaired) electrons. The molecule has 0 aromatic heterocycles. The van der Waals surface area contributed by atoms with Crippen LogP contribution in [-0.2, 0) is 10.0 Å². The molecule has 7 heteroatoms. The van der Waals surface area contributed by atoms with Crippen LogP contribution in [0.15, 0.2) is 29.2 Å². The predicted molar refractivity (Wildman–Crippen MR) is 80.1 cm³/mol. The Morgan fingerprint density at radius 2 is 1.75 bits per heavy atom. The molecule has 1 aromatic rings. The SMILES string of the molecule is O=S(=O)(NCC1CCCCC1)c1ccc(B(O)O)cc1.[HH]. The second-order valence-corrected chi connectivity index (χ2v) is 7.07. The van der Waals surface area contributed by atoms with Gasteiger partial charge in [-0.05, 0) is 36.4 Å². The Hall–Kier alpha value is -0.885. The fourth-order valence-electron chi connectivity index (χ4n) is 2.52. The second kappa shape index (κ2) is 6.71. The van der Waals surface area contributed by atoms with Gasteiger partial charge < -0.3 is 10.0 Å². The zero-order valence-corrected chi connectivity index (χ0v) is 12.1. The van der Waals surface area contributed by atoms with Gasteiger partial charge in [0.15, 0.2) is 0 Å². The van der Waals surface area contributed by atoms with Gasteiger partial charge in [-0.25, -0.2) is 13.1 Å². The van der Waals surface area contributed by atoms with Crippen molar-refractivity contribution in [1.82, 2.24) is 4.72 Å². The van der Waals surface area contributed by atoms with Crippen molar-refractivity contribution in [1.29, 1.82) is 0 Å². The molecule has 0 amide bonds. The minimum absolute atomic E-state index is 0. The molecule has 0 saturated heterocycles. The van der Waals surface area contributed by atoms with Crippen LogP contribution in [-0.4, -0.2) is 32.1 Å². The highest BCUT2D eigenvalue weighted by Gasteiger charge is 2.19. The summed E-state index contributed by atoms with van der Waals surface area (Å²) in [6.07, 6.45) is 5.76. The minimum atomic E-state index is -3.52. The second-order valence-electron chi connectivity index (χ2n) is 5.30. The van der Waals surface area contributed by atoms with E-state index < -0.39 is 17.1 Å². The summed E-state index contributed by atoms with van der Waals surface area (Å²) in [4.78, 5) is 0.151. The highest BCUT2D eigenvalue weighted by molar-refractivity contribution is 7.89. The lowest BCUT2D eigenvalue weighted by molar-refractivity contribution is 0.357. The van der Waals surface area contributed by atoms with E-state index in [-0.39, 0.29) is 11.8 Å². The highest BCUT2D eigenvalue weighted by Crippen LogP contribution is 2.23. The standard InChI is InChI=1S/C13H20BNO4S.H2/c16-14(17)12-6-8-13(9-7-12)20(18,19)15-10-11-4-2-1-3-5-11;/h6-9,11,15-17H,1-5,10H2;1H. The van der Waals surface area contributed by atoms with E-state index in [4.69, 9.17) is 10.0 Å². The van der Waals surface area contributed by atoms with Crippen molar-refractivity contribution in [3.05, 3.63) is 24.3 Å². The Kier molecular flexibility index (Phi) is 5.20. The number of nitrogens with one attached hydrogen (secondary N) is 1. The molecule has 1 fully saturated rings. The smallest absolute Gasteiger partial charge is 0.423 e. The van der Waals surface area contributed by atoms with Crippen LogP contribution < -0.4 is 10.2 Å². The minimum Gasteiger partial charge on any atom is -0.423 e. The van der Waals surface area contributed by atoms with Crippen LogP contribution in [0.3, 0.4) is 0 Å². The van der Waals surface area contributed by atoms with Gasteiger partial charge in [0.1, 0.15) is 0 Å². The summed E-state index contributed by atoms with van der Waals surface area (Å²) in [6, 6.07) is 5.58. The predicted octanol–water partition coefficient (Wildman–Crippen LogP) is 0.471. The van der Waals surface area contributed by atoms with Gasteiger partial charge in [0.05, 0.1) is 4.90 Å². The third kappa shape index (κ3) is 4.05. The van der Waals surface area contributed by atoms with Crippen LogP contribution in [0, 0.1) is 5.92 Å². The molecule has 20 heavy (non-hydrogen) atoms. The van der Waals surface area contributed by atoms with Gasteiger partial charge in [0, 0.05) is 7.97 Å². The van der Waals surface area contributed by atoms with Crippen molar-refractivity contribution in [2.75, 3.05) is 6.54 Å². The molecule has 1 saturated carbocycles. The average molecular weight is 299 g/mol. The van der Waals surface area contributed by atoms with Gasteiger partial charge in [-0.1, -0.05) is 31.4 Å². The zero-order chi connectivity index (χ0) is 14.6. The summed E-state index contributed by atoms with van der Waals surface area (Å²) in [5, 5.41) is 18.0. The van der Waals surface area contributed by atoms with E-state index in [1.54, 1.807) is 0 Å². The van der Waals surface area contributed by atoms with E-state index in [0.717, 1.165) is 12.8 Å². The third-order valence-electron chi connectivity index (χ3n) is 3.78. The molecule has 2 rings (SSSR count). The largest absolute Gasteiger partial charge is 0.488 e. The number of sulfonamides is 1. The lowest BCUT2D eigenvalue weighted by Crippen LogP contribution is -2.32. The van der Waals surface area contributed by atoms with Crippen LogP contribution in [0.2, 0.25) is 0 Å². The molecular formula is C13H22BNO4S. The van der Waals surface area contributed by atoms with E-state index in [2.05, 4.69) is 4.72 Å². The molecule has 0 bridgehead atoms. The summed E-state index contributed by atoms with van der Waals surface area (Å²) < 4.78 is 26.9. The van der Waals surface area contributed by atoms with E-state index in [1.165, 1.54) is 43.5 Å². The van der Waals surface area contributed by atoms with Gasteiger partial charge in [0.2, 0.25) is 10.0 Å². The Morgan fingerprint density at radius 1 is 1.15 bits per heavy atom. The molecule has 1 aliphatic carbocycles. The van der Waals surface area contributed by atoms with E-state index in [1.807, 2.05) is 0 Å². The maximum Gasteiger partial charge on any atom is 0.488 e. The van der Waals surface area contributed by atoms with Crippen LogP contribution in [0.25, 0.3) is 0 Å². The van der Waals surface area contributed by atoms with Crippen molar-refractivity contribution in [2.45, 2.75) is 37.0 Å². The lowest BCUT2D eigenvalue weighted by Gasteiger charge is -2.21. The fourth-order valence-corrected chi connectivity index (χ4v) is 3.64. The summed E-state index contributed by atoms with van der Waals surface area (Å²) in [5.74, 6) is 0.428. The van der Waals surface area contributed by atoms with Crippen LogP contribution >= 0.6 is 0 Å². The van der Waals surface area contributed by atoms with Crippen LogP contribution in [0.4, 0.5) is 0 Å². The third-order valence-corrected chi connectivity index (χ3v) is 5.21. The van der Waals surface area contributed by atoms with Gasteiger partial charge in [-0.15, -0.1) is 0 Å². The van der Waals surface area contributed by atoms with Crippen molar-refractivity contribution in [2.24, 2.45) is 5.92 Å². The molecule has 0 heterocycles. The van der Waals surface area contributed by atoms with Crippen LogP contribution in [0.1, 0.15) is 33.5 Å². The first-order valence-electron chi connectivity index (χ1n) is 6.95. The maximum atomic E-state index is 12.1. The van der Waals surface area contributed by atoms with Crippen molar-refractivity contribution < 1.29 is 19.9 Å². The quantitative estimate of drug-likeness (QED) is 0.690. The molecule has 0 unspecified atom stereocenters. The van der Waals surface area contributed by atoms with Gasteiger partial charge >= 0.3 is 7.12 Å². The number of benzene rings is 1. The van der Waals surface area contributed by atoms with E-state index >= 15 is 0 Å². The monoisotopic (exact) mass is 299 g/mol. The first-order valence-corrected chi connectivity index (χ1v) is 8.43. The average Bonchev–Trinajstić information content (AvgIpc) is 2.46. The molecule has 5 nitrogen and oxygen atoms in total. The zero-order valence-electron chi connectivity index (χ0n) is 11.3. The van der Waals surface area contributed by atoms with Crippen molar-refractivity contribution in [3.8, 4) is 0 Å². The molecule has 1 aromatic carbocycles. The number of rotatable bonds is 5. The highest BCUT2D eigenvalue weighted by atomic mass is 32.2. The Morgan fingerprint density at radius 3 is 2.30 bits per heavy atom. The molecular weight excluding hydrogens is 277 g/mol. The fraction of sp³-hybridized carbons (Fsp3) is 0.538. The first kappa shape index (κ1) is 15.5. The molecule has 0 aliphatic heterocycles. The lowest BCUT2D eigenvalue weighted by atomic mass is 9.81. The van der Waals surface area contributed by atoms with Crippen LogP contribution in [0.5, 0.6) is 0 Å². The van der Waals surface area contributed by atoms with E-state index in [9.17, 15) is 8.42 Å². The molecule has 112 valence electrons. The summed E-state index contributed by atoms with van der Waals surface area (Å²) in [5.41, 5.74) is 0.274. The Labute approximate surface area is 121 Å². The van der Waals surface area contributed by atoms with Gasteiger partial charge in [0.25, 0.3) is 0 Å². The number of hydrogen-bond acceptors (Lipinski definition) is 4. The first-order chi connectivity index (χ1) is 9.49. The normalized spacial score (nSPS) is 17.1.